The Morgan fingerprint density at radius 1 is 0.969 bits per heavy atom. The zero-order valence-electron chi connectivity index (χ0n) is 17.5. The highest BCUT2D eigenvalue weighted by Gasteiger charge is 2.22. The summed E-state index contributed by atoms with van der Waals surface area (Å²) in [5.74, 6) is -1.24. The summed E-state index contributed by atoms with van der Waals surface area (Å²) < 4.78 is 12.9. The Hall–Kier alpha value is -3.75. The predicted octanol–water partition coefficient (Wildman–Crippen LogP) is 1.22. The Morgan fingerprint density at radius 2 is 1.66 bits per heavy atom. The van der Waals surface area contributed by atoms with Crippen LogP contribution in [-0.2, 0) is 16.1 Å². The molecule has 0 aliphatic carbocycles. The number of halogens is 1. The first-order valence-electron chi connectivity index (χ1n) is 10.4. The third kappa shape index (κ3) is 6.63. The maximum absolute atomic E-state index is 12.9. The lowest BCUT2D eigenvalue weighted by Gasteiger charge is -2.26. The molecular weight excluding hydrogens is 415 g/mol. The minimum Gasteiger partial charge on any atom is -0.353 e. The van der Waals surface area contributed by atoms with E-state index in [0.717, 1.165) is 5.56 Å². The van der Waals surface area contributed by atoms with Crippen LogP contribution in [0.4, 0.5) is 4.39 Å². The molecule has 0 bridgehead atoms. The van der Waals surface area contributed by atoms with Gasteiger partial charge in [-0.1, -0.05) is 12.1 Å². The minimum absolute atomic E-state index is 0.0565. The van der Waals surface area contributed by atoms with Gasteiger partial charge in [0.05, 0.1) is 6.54 Å². The SMILES string of the molecule is O=C(CCCNC(=O)c1ccc(F)cc1)NCc1ccc(C(=O)N2CCNC(=O)C2)cc1. The van der Waals surface area contributed by atoms with E-state index in [0.29, 0.717) is 43.7 Å². The Balaban J connectivity index is 1.35. The lowest BCUT2D eigenvalue weighted by molar-refractivity contribution is -0.123. The van der Waals surface area contributed by atoms with E-state index in [4.69, 9.17) is 0 Å². The fourth-order valence-corrected chi connectivity index (χ4v) is 3.20. The fraction of sp³-hybridized carbons (Fsp3) is 0.304. The molecule has 8 nitrogen and oxygen atoms in total. The summed E-state index contributed by atoms with van der Waals surface area (Å²) >= 11 is 0. The molecule has 0 saturated carbocycles. The van der Waals surface area contributed by atoms with Crippen LogP contribution in [0.1, 0.15) is 39.1 Å². The molecule has 3 N–H and O–H groups in total. The van der Waals surface area contributed by atoms with E-state index in [9.17, 15) is 23.6 Å². The van der Waals surface area contributed by atoms with Crippen LogP contribution in [0.3, 0.4) is 0 Å². The van der Waals surface area contributed by atoms with Crippen molar-refractivity contribution in [2.45, 2.75) is 19.4 Å². The number of benzene rings is 2. The molecule has 1 fully saturated rings. The smallest absolute Gasteiger partial charge is 0.254 e. The summed E-state index contributed by atoms with van der Waals surface area (Å²) in [6, 6.07) is 12.1. The summed E-state index contributed by atoms with van der Waals surface area (Å²) in [5.41, 5.74) is 1.70. The minimum atomic E-state index is -0.407. The molecule has 9 heteroatoms. The second-order valence-corrected chi connectivity index (χ2v) is 7.42. The van der Waals surface area contributed by atoms with Crippen molar-refractivity contribution in [3.8, 4) is 0 Å². The van der Waals surface area contributed by atoms with Crippen molar-refractivity contribution < 1.29 is 23.6 Å². The average Bonchev–Trinajstić information content (AvgIpc) is 2.80. The van der Waals surface area contributed by atoms with Crippen molar-refractivity contribution in [3.63, 3.8) is 0 Å². The zero-order chi connectivity index (χ0) is 22.9. The molecule has 1 heterocycles. The number of carbonyl (C=O) groups excluding carboxylic acids is 4. The second-order valence-electron chi connectivity index (χ2n) is 7.42. The monoisotopic (exact) mass is 440 g/mol. The van der Waals surface area contributed by atoms with Crippen LogP contribution in [0, 0.1) is 5.82 Å². The first-order valence-corrected chi connectivity index (χ1v) is 10.4. The normalized spacial score (nSPS) is 13.3. The molecule has 2 aromatic carbocycles. The molecule has 1 aliphatic rings. The van der Waals surface area contributed by atoms with Gasteiger partial charge in [-0.2, -0.15) is 0 Å². The number of nitrogens with one attached hydrogen (secondary N) is 3. The van der Waals surface area contributed by atoms with Crippen LogP contribution < -0.4 is 16.0 Å². The molecule has 2 aromatic rings. The highest BCUT2D eigenvalue weighted by atomic mass is 19.1. The summed E-state index contributed by atoms with van der Waals surface area (Å²) in [6.45, 7) is 1.63. The van der Waals surface area contributed by atoms with E-state index < -0.39 is 5.82 Å². The van der Waals surface area contributed by atoms with Gasteiger partial charge < -0.3 is 20.9 Å². The van der Waals surface area contributed by atoms with Gasteiger partial charge in [-0.15, -0.1) is 0 Å². The Labute approximate surface area is 185 Å². The third-order valence-corrected chi connectivity index (χ3v) is 4.99. The van der Waals surface area contributed by atoms with Gasteiger partial charge in [0.15, 0.2) is 0 Å². The van der Waals surface area contributed by atoms with E-state index in [2.05, 4.69) is 16.0 Å². The quantitative estimate of drug-likeness (QED) is 0.537. The van der Waals surface area contributed by atoms with E-state index in [1.54, 1.807) is 24.3 Å². The summed E-state index contributed by atoms with van der Waals surface area (Å²) in [7, 11) is 0. The number of nitrogens with zero attached hydrogens (tertiary/aromatic N) is 1. The second kappa shape index (κ2) is 11.0. The van der Waals surface area contributed by atoms with E-state index in [1.807, 2.05) is 0 Å². The van der Waals surface area contributed by atoms with Gasteiger partial charge in [0.25, 0.3) is 11.8 Å². The van der Waals surface area contributed by atoms with Crippen LogP contribution in [0.15, 0.2) is 48.5 Å². The van der Waals surface area contributed by atoms with Gasteiger partial charge >= 0.3 is 0 Å². The van der Waals surface area contributed by atoms with Crippen molar-refractivity contribution in [3.05, 3.63) is 71.0 Å². The molecule has 0 unspecified atom stereocenters. The first-order chi connectivity index (χ1) is 15.4. The third-order valence-electron chi connectivity index (χ3n) is 4.99. The number of hydrogen-bond donors (Lipinski definition) is 3. The summed E-state index contributed by atoms with van der Waals surface area (Å²) in [4.78, 5) is 49.3. The van der Waals surface area contributed by atoms with Crippen molar-refractivity contribution >= 4 is 23.6 Å². The predicted molar refractivity (Wildman–Crippen MR) is 115 cm³/mol. The van der Waals surface area contributed by atoms with E-state index in [1.165, 1.54) is 29.2 Å². The lowest BCUT2D eigenvalue weighted by Crippen LogP contribution is -2.49. The molecule has 1 aliphatic heterocycles. The van der Waals surface area contributed by atoms with E-state index in [-0.39, 0.29) is 36.6 Å². The van der Waals surface area contributed by atoms with Crippen molar-refractivity contribution in [2.75, 3.05) is 26.2 Å². The van der Waals surface area contributed by atoms with Crippen LogP contribution in [0.2, 0.25) is 0 Å². The molecule has 0 aromatic heterocycles. The number of hydrogen-bond acceptors (Lipinski definition) is 4. The van der Waals surface area contributed by atoms with Gasteiger partial charge in [0.2, 0.25) is 11.8 Å². The topological polar surface area (TPSA) is 108 Å². The molecular formula is C23H25FN4O4. The van der Waals surface area contributed by atoms with Gasteiger partial charge in [-0.25, -0.2) is 4.39 Å². The van der Waals surface area contributed by atoms with Gasteiger partial charge in [-0.3, -0.25) is 19.2 Å². The van der Waals surface area contributed by atoms with Crippen LogP contribution >= 0.6 is 0 Å². The number of carbonyl (C=O) groups is 4. The van der Waals surface area contributed by atoms with Crippen molar-refractivity contribution in [2.24, 2.45) is 0 Å². The average molecular weight is 440 g/mol. The Morgan fingerprint density at radius 3 is 2.34 bits per heavy atom. The highest BCUT2D eigenvalue weighted by Crippen LogP contribution is 2.09. The standard InChI is InChI=1S/C23H25FN4O4/c24-19-9-7-17(8-10-19)22(31)26-11-1-2-20(29)27-14-16-3-5-18(6-4-16)23(32)28-13-12-25-21(30)15-28/h3-10H,1-2,11-15H2,(H,25,30)(H,26,31)(H,27,29). The van der Waals surface area contributed by atoms with Crippen LogP contribution in [-0.4, -0.2) is 54.7 Å². The van der Waals surface area contributed by atoms with Crippen LogP contribution in [0.25, 0.3) is 0 Å². The van der Waals surface area contributed by atoms with Crippen molar-refractivity contribution in [1.29, 1.82) is 0 Å². The maximum atomic E-state index is 12.9. The molecule has 32 heavy (non-hydrogen) atoms. The summed E-state index contributed by atoms with van der Waals surface area (Å²) in [5, 5.41) is 8.17. The molecule has 0 radical (unpaired) electrons. The van der Waals surface area contributed by atoms with Gasteiger partial charge in [0.1, 0.15) is 5.82 Å². The lowest BCUT2D eigenvalue weighted by atomic mass is 10.1. The maximum Gasteiger partial charge on any atom is 0.254 e. The molecule has 1 saturated heterocycles. The Bertz CT molecular complexity index is 976. The summed E-state index contributed by atoms with van der Waals surface area (Å²) in [6.07, 6.45) is 0.715. The number of piperazine rings is 1. The highest BCUT2D eigenvalue weighted by molar-refractivity contribution is 5.97. The number of rotatable bonds is 8. The largest absolute Gasteiger partial charge is 0.353 e. The van der Waals surface area contributed by atoms with Gasteiger partial charge in [0, 0.05) is 43.7 Å². The molecule has 3 rings (SSSR count). The molecule has 0 spiro atoms. The van der Waals surface area contributed by atoms with Gasteiger partial charge in [-0.05, 0) is 48.4 Å². The first kappa shape index (κ1) is 22.9. The van der Waals surface area contributed by atoms with Crippen molar-refractivity contribution in [1.82, 2.24) is 20.9 Å². The Kier molecular flexibility index (Phi) is 7.91. The molecule has 4 amide bonds. The molecule has 168 valence electrons. The fourth-order valence-electron chi connectivity index (χ4n) is 3.20. The van der Waals surface area contributed by atoms with Crippen LogP contribution in [0.5, 0.6) is 0 Å². The molecule has 0 atom stereocenters. The van der Waals surface area contributed by atoms with E-state index >= 15 is 0 Å². The number of amides is 4. The zero-order valence-corrected chi connectivity index (χ0v) is 17.5.